The number of benzene rings is 2. The minimum Gasteiger partial charge on any atom is -0.489 e. The topological polar surface area (TPSA) is 68.9 Å². The third kappa shape index (κ3) is 6.09. The van der Waals surface area contributed by atoms with Gasteiger partial charge in [0.1, 0.15) is 23.9 Å². The summed E-state index contributed by atoms with van der Waals surface area (Å²) in [5.74, 6) is -2.32. The van der Waals surface area contributed by atoms with Crippen LogP contribution >= 0.6 is 0 Å². The molecule has 0 radical (unpaired) electrons. The van der Waals surface area contributed by atoms with Crippen molar-refractivity contribution >= 4 is 5.97 Å². The normalized spacial score (nSPS) is 12.5. The Balaban J connectivity index is 1.82. The zero-order chi connectivity index (χ0) is 26.2. The van der Waals surface area contributed by atoms with Gasteiger partial charge in [0.25, 0.3) is 0 Å². The number of furan rings is 1. The lowest BCUT2D eigenvalue weighted by atomic mass is 10.1. The Labute approximate surface area is 195 Å². The van der Waals surface area contributed by atoms with E-state index in [1.807, 2.05) is 0 Å². The summed E-state index contributed by atoms with van der Waals surface area (Å²) in [4.78, 5) is 11.2. The van der Waals surface area contributed by atoms with E-state index >= 15 is 0 Å². The molecule has 188 valence electrons. The van der Waals surface area contributed by atoms with Crippen LogP contribution in [0.1, 0.15) is 36.3 Å². The van der Waals surface area contributed by atoms with Gasteiger partial charge in [-0.2, -0.15) is 26.3 Å². The standard InChI is InChI=1S/C24H20F6O5/c1-13-10-17(8-9-18(13)35-22(2,3)21(31)32)33-12-15-11-19(34-20(15)24(28,29)30)14-4-6-16(7-5-14)23(25,26)27/h4-11H,12H2,1-3H3,(H,31,32). The van der Waals surface area contributed by atoms with Gasteiger partial charge in [-0.25, -0.2) is 4.79 Å². The molecule has 1 aromatic heterocycles. The molecule has 5 nitrogen and oxygen atoms in total. The summed E-state index contributed by atoms with van der Waals surface area (Å²) in [6.45, 7) is 3.80. The van der Waals surface area contributed by atoms with Crippen molar-refractivity contribution in [2.75, 3.05) is 0 Å². The molecule has 3 rings (SSSR count). The number of hydrogen-bond donors (Lipinski definition) is 1. The number of halogens is 6. The van der Waals surface area contributed by atoms with Gasteiger partial charge >= 0.3 is 18.3 Å². The first-order valence-corrected chi connectivity index (χ1v) is 10.1. The minimum absolute atomic E-state index is 0.0353. The second-order valence-corrected chi connectivity index (χ2v) is 8.17. The first-order valence-electron chi connectivity index (χ1n) is 10.1. The second-order valence-electron chi connectivity index (χ2n) is 8.17. The average molecular weight is 502 g/mol. The number of ether oxygens (including phenoxy) is 2. The fraction of sp³-hybridized carbons (Fsp3) is 0.292. The molecule has 2 aromatic carbocycles. The molecule has 0 bridgehead atoms. The lowest BCUT2D eigenvalue weighted by Crippen LogP contribution is -2.38. The Kier molecular flexibility index (Phi) is 6.83. The maximum atomic E-state index is 13.5. The maximum Gasteiger partial charge on any atom is 0.449 e. The SMILES string of the molecule is Cc1cc(OCc2cc(-c3ccc(C(F)(F)F)cc3)oc2C(F)(F)F)ccc1OC(C)(C)C(=O)O. The van der Waals surface area contributed by atoms with Crippen LogP contribution in [0, 0.1) is 6.92 Å². The largest absolute Gasteiger partial charge is 0.489 e. The number of carboxylic acid groups (broad SMARTS) is 1. The summed E-state index contributed by atoms with van der Waals surface area (Å²) in [6.07, 6.45) is -9.45. The van der Waals surface area contributed by atoms with E-state index in [9.17, 15) is 36.2 Å². The van der Waals surface area contributed by atoms with Crippen LogP contribution in [0.25, 0.3) is 11.3 Å². The van der Waals surface area contributed by atoms with E-state index in [0.29, 0.717) is 5.56 Å². The van der Waals surface area contributed by atoms with Crippen molar-refractivity contribution in [1.82, 2.24) is 0 Å². The van der Waals surface area contributed by atoms with Gasteiger partial charge < -0.3 is 19.0 Å². The third-order valence-corrected chi connectivity index (χ3v) is 4.98. The van der Waals surface area contributed by atoms with Crippen LogP contribution in [-0.2, 0) is 23.8 Å². The van der Waals surface area contributed by atoms with Gasteiger partial charge in [-0.15, -0.1) is 0 Å². The Hall–Kier alpha value is -3.63. The van der Waals surface area contributed by atoms with Crippen molar-refractivity contribution in [2.24, 2.45) is 0 Å². The molecule has 0 aliphatic rings. The van der Waals surface area contributed by atoms with Crippen LogP contribution in [0.4, 0.5) is 26.3 Å². The van der Waals surface area contributed by atoms with Gasteiger partial charge in [0.05, 0.1) is 5.56 Å². The molecular formula is C24H20F6O5. The number of carbonyl (C=O) groups is 1. The number of rotatable bonds is 7. The first kappa shape index (κ1) is 26.0. The molecule has 0 atom stereocenters. The van der Waals surface area contributed by atoms with Crippen LogP contribution in [0.5, 0.6) is 11.5 Å². The van der Waals surface area contributed by atoms with E-state index in [0.717, 1.165) is 30.3 Å². The molecule has 35 heavy (non-hydrogen) atoms. The van der Waals surface area contributed by atoms with E-state index in [2.05, 4.69) is 0 Å². The van der Waals surface area contributed by atoms with E-state index in [4.69, 9.17) is 13.9 Å². The molecular weight excluding hydrogens is 482 g/mol. The molecule has 0 aliphatic heterocycles. The number of alkyl halides is 6. The van der Waals surface area contributed by atoms with Crippen molar-refractivity contribution in [3.63, 3.8) is 0 Å². The molecule has 1 heterocycles. The molecule has 0 amide bonds. The molecule has 3 aromatic rings. The van der Waals surface area contributed by atoms with Gasteiger partial charge in [0.15, 0.2) is 5.60 Å². The Bertz CT molecular complexity index is 1210. The van der Waals surface area contributed by atoms with Crippen LogP contribution in [0.15, 0.2) is 52.9 Å². The fourth-order valence-electron chi connectivity index (χ4n) is 3.05. The molecule has 11 heteroatoms. The van der Waals surface area contributed by atoms with Gasteiger partial charge in [-0.3, -0.25) is 0 Å². The quantitative estimate of drug-likeness (QED) is 0.349. The van der Waals surface area contributed by atoms with Crippen molar-refractivity contribution in [2.45, 2.75) is 45.3 Å². The Morgan fingerprint density at radius 1 is 0.943 bits per heavy atom. The van der Waals surface area contributed by atoms with E-state index in [-0.39, 0.29) is 28.4 Å². The molecule has 0 unspecified atom stereocenters. The number of aryl methyl sites for hydroxylation is 1. The van der Waals surface area contributed by atoms with Gasteiger partial charge in [-0.05, 0) is 62.7 Å². The van der Waals surface area contributed by atoms with Crippen LogP contribution in [-0.4, -0.2) is 16.7 Å². The monoisotopic (exact) mass is 502 g/mol. The zero-order valence-corrected chi connectivity index (χ0v) is 18.7. The van der Waals surface area contributed by atoms with Crippen LogP contribution < -0.4 is 9.47 Å². The smallest absolute Gasteiger partial charge is 0.449 e. The molecule has 0 spiro atoms. The molecule has 1 N–H and O–H groups in total. The molecule has 0 aliphatic carbocycles. The van der Waals surface area contributed by atoms with Crippen molar-refractivity contribution in [3.05, 3.63) is 71.0 Å². The Morgan fingerprint density at radius 3 is 2.09 bits per heavy atom. The second kappa shape index (κ2) is 9.20. The summed E-state index contributed by atoms with van der Waals surface area (Å²) in [5.41, 5.74) is -2.27. The number of aliphatic carboxylic acids is 1. The van der Waals surface area contributed by atoms with Crippen molar-refractivity contribution < 1.29 is 50.1 Å². The summed E-state index contributed by atoms with van der Waals surface area (Å²) >= 11 is 0. The van der Waals surface area contributed by atoms with E-state index in [1.165, 1.54) is 32.0 Å². The number of carboxylic acids is 1. The van der Waals surface area contributed by atoms with Gasteiger partial charge in [-0.1, -0.05) is 12.1 Å². The van der Waals surface area contributed by atoms with Gasteiger partial charge in [0.2, 0.25) is 5.76 Å². The lowest BCUT2D eigenvalue weighted by molar-refractivity contribution is -0.154. The van der Waals surface area contributed by atoms with Crippen molar-refractivity contribution in [1.29, 1.82) is 0 Å². The first-order chi connectivity index (χ1) is 16.1. The van der Waals surface area contributed by atoms with E-state index in [1.54, 1.807) is 6.92 Å². The highest BCUT2D eigenvalue weighted by Gasteiger charge is 2.39. The van der Waals surface area contributed by atoms with Crippen molar-refractivity contribution in [3.8, 4) is 22.8 Å². The highest BCUT2D eigenvalue weighted by Crippen LogP contribution is 2.39. The lowest BCUT2D eigenvalue weighted by Gasteiger charge is -2.23. The average Bonchev–Trinajstić information content (AvgIpc) is 3.18. The molecule has 0 saturated carbocycles. The summed E-state index contributed by atoms with van der Waals surface area (Å²) in [6, 6.07) is 8.91. The zero-order valence-electron chi connectivity index (χ0n) is 18.7. The van der Waals surface area contributed by atoms with Crippen LogP contribution in [0.2, 0.25) is 0 Å². The maximum absolute atomic E-state index is 13.5. The van der Waals surface area contributed by atoms with Crippen LogP contribution in [0.3, 0.4) is 0 Å². The molecule has 0 saturated heterocycles. The number of hydrogen-bond acceptors (Lipinski definition) is 4. The van der Waals surface area contributed by atoms with E-state index < -0.39 is 41.9 Å². The summed E-state index contributed by atoms with van der Waals surface area (Å²) < 4.78 is 94.6. The summed E-state index contributed by atoms with van der Waals surface area (Å²) in [5, 5.41) is 9.18. The highest BCUT2D eigenvalue weighted by molar-refractivity contribution is 5.76. The third-order valence-electron chi connectivity index (χ3n) is 4.98. The fourth-order valence-corrected chi connectivity index (χ4v) is 3.05. The Morgan fingerprint density at radius 2 is 1.57 bits per heavy atom. The minimum atomic E-state index is -4.86. The predicted octanol–water partition coefficient (Wildman–Crippen LogP) is 7.11. The summed E-state index contributed by atoms with van der Waals surface area (Å²) in [7, 11) is 0. The predicted molar refractivity (Wildman–Crippen MR) is 112 cm³/mol. The highest BCUT2D eigenvalue weighted by atomic mass is 19.4. The molecule has 0 fully saturated rings. The van der Waals surface area contributed by atoms with Gasteiger partial charge in [0, 0.05) is 11.1 Å².